The molecule has 2 saturated carbocycles. The summed E-state index contributed by atoms with van der Waals surface area (Å²) in [7, 11) is 0. The van der Waals surface area contributed by atoms with Gasteiger partial charge in [-0.3, -0.25) is 0 Å². The first-order valence-electron chi connectivity index (χ1n) is 9.98. The van der Waals surface area contributed by atoms with Gasteiger partial charge >= 0.3 is 0 Å². The van der Waals surface area contributed by atoms with Crippen LogP contribution in [0.4, 0.5) is 0 Å². The monoisotopic (exact) mass is 323 g/mol. The second-order valence-corrected chi connectivity index (χ2v) is 9.16. The minimum absolute atomic E-state index is 0.235. The third-order valence-electron chi connectivity index (χ3n) is 6.20. The van der Waals surface area contributed by atoms with Crippen LogP contribution >= 0.6 is 0 Å². The van der Waals surface area contributed by atoms with E-state index in [1.807, 2.05) is 0 Å². The number of rotatable bonds is 6. The Morgan fingerprint density at radius 2 is 1.74 bits per heavy atom. The quantitative estimate of drug-likeness (QED) is 0.713. The van der Waals surface area contributed by atoms with Gasteiger partial charge in [-0.15, -0.1) is 0 Å². The molecule has 23 heavy (non-hydrogen) atoms. The summed E-state index contributed by atoms with van der Waals surface area (Å²) in [5, 5.41) is 0. The topological polar surface area (TPSA) is 21.7 Å². The van der Waals surface area contributed by atoms with Crippen molar-refractivity contribution >= 4 is 0 Å². The minimum Gasteiger partial charge on any atom is -0.347 e. The molecule has 0 aromatic heterocycles. The van der Waals surface area contributed by atoms with E-state index in [2.05, 4.69) is 32.6 Å². The summed E-state index contributed by atoms with van der Waals surface area (Å²) in [6.07, 6.45) is 10.2. The van der Waals surface area contributed by atoms with Gasteiger partial charge in [-0.1, -0.05) is 27.7 Å². The fraction of sp³-hybridized carbons (Fsp3) is 1.00. The first-order valence-corrected chi connectivity index (χ1v) is 9.98. The Labute approximate surface area is 143 Å². The van der Waals surface area contributed by atoms with Crippen LogP contribution in [-0.4, -0.2) is 42.5 Å². The Bertz CT molecular complexity index is 378. The van der Waals surface area contributed by atoms with Crippen LogP contribution in [0.15, 0.2) is 0 Å². The van der Waals surface area contributed by atoms with Crippen molar-refractivity contribution in [2.24, 2.45) is 11.3 Å². The standard InChI is InChI=1S/C20H37NO2/c1-5-13-21(17-6-7-17)14-10-18-15-22-20(23-18)11-8-16(9-12-20)19(2,3)4/h16-18H,5-15H2,1-4H3. The summed E-state index contributed by atoms with van der Waals surface area (Å²) in [6, 6.07) is 0.869. The van der Waals surface area contributed by atoms with Crippen LogP contribution in [0.1, 0.15) is 79.1 Å². The molecule has 1 atom stereocenters. The van der Waals surface area contributed by atoms with E-state index in [9.17, 15) is 0 Å². The van der Waals surface area contributed by atoms with Gasteiger partial charge in [0, 0.05) is 25.4 Å². The van der Waals surface area contributed by atoms with Gasteiger partial charge in [0.1, 0.15) is 0 Å². The van der Waals surface area contributed by atoms with Gasteiger partial charge in [-0.25, -0.2) is 0 Å². The molecule has 1 saturated heterocycles. The highest BCUT2D eigenvalue weighted by molar-refractivity contribution is 4.90. The smallest absolute Gasteiger partial charge is 0.168 e. The van der Waals surface area contributed by atoms with Crippen LogP contribution < -0.4 is 0 Å². The Hall–Kier alpha value is -0.120. The van der Waals surface area contributed by atoms with Gasteiger partial charge in [0.15, 0.2) is 5.79 Å². The molecule has 3 nitrogen and oxygen atoms in total. The number of hydrogen-bond acceptors (Lipinski definition) is 3. The average Bonchev–Trinajstić information content (AvgIpc) is 3.27. The third kappa shape index (κ3) is 4.49. The van der Waals surface area contributed by atoms with Gasteiger partial charge in [0.25, 0.3) is 0 Å². The maximum Gasteiger partial charge on any atom is 0.168 e. The zero-order valence-electron chi connectivity index (χ0n) is 15.8. The molecule has 134 valence electrons. The summed E-state index contributed by atoms with van der Waals surface area (Å²) in [5.74, 6) is 0.580. The predicted octanol–water partition coefficient (Wildman–Crippen LogP) is 4.60. The Kier molecular flexibility index (Phi) is 5.40. The molecule has 0 aromatic carbocycles. The molecule has 3 fully saturated rings. The van der Waals surface area contributed by atoms with E-state index in [0.717, 1.165) is 37.8 Å². The lowest BCUT2D eigenvalue weighted by molar-refractivity contribution is -0.197. The molecule has 3 heteroatoms. The van der Waals surface area contributed by atoms with Crippen molar-refractivity contribution in [2.45, 2.75) is 97.0 Å². The molecule has 1 heterocycles. The summed E-state index contributed by atoms with van der Waals surface area (Å²) in [5.41, 5.74) is 0.421. The Morgan fingerprint density at radius 1 is 1.04 bits per heavy atom. The molecule has 0 bridgehead atoms. The van der Waals surface area contributed by atoms with E-state index in [4.69, 9.17) is 9.47 Å². The molecule has 0 aromatic rings. The van der Waals surface area contributed by atoms with Crippen molar-refractivity contribution < 1.29 is 9.47 Å². The van der Waals surface area contributed by atoms with Crippen molar-refractivity contribution in [1.29, 1.82) is 0 Å². The van der Waals surface area contributed by atoms with Crippen LogP contribution in [-0.2, 0) is 9.47 Å². The van der Waals surface area contributed by atoms with Crippen LogP contribution in [0.2, 0.25) is 0 Å². The highest BCUT2D eigenvalue weighted by atomic mass is 16.7. The molecule has 3 rings (SSSR count). The Balaban J connectivity index is 1.43. The molecule has 3 aliphatic rings. The molecular formula is C20H37NO2. The lowest BCUT2D eigenvalue weighted by atomic mass is 9.71. The first kappa shape index (κ1) is 17.7. The van der Waals surface area contributed by atoms with E-state index < -0.39 is 0 Å². The van der Waals surface area contributed by atoms with E-state index in [1.54, 1.807) is 0 Å². The number of nitrogens with zero attached hydrogens (tertiary/aromatic N) is 1. The van der Waals surface area contributed by atoms with E-state index in [1.165, 1.54) is 45.2 Å². The molecule has 1 spiro atoms. The minimum atomic E-state index is -0.235. The van der Waals surface area contributed by atoms with Crippen molar-refractivity contribution in [2.75, 3.05) is 19.7 Å². The van der Waals surface area contributed by atoms with E-state index in [0.29, 0.717) is 11.5 Å². The zero-order chi connectivity index (χ0) is 16.5. The lowest BCUT2D eigenvalue weighted by Crippen LogP contribution is -2.39. The predicted molar refractivity (Wildman–Crippen MR) is 94.5 cm³/mol. The normalized spacial score (nSPS) is 35.3. The van der Waals surface area contributed by atoms with Gasteiger partial charge in [0.05, 0.1) is 12.7 Å². The largest absolute Gasteiger partial charge is 0.347 e. The second-order valence-electron chi connectivity index (χ2n) is 9.16. The van der Waals surface area contributed by atoms with Gasteiger partial charge in [-0.05, 0) is 56.4 Å². The van der Waals surface area contributed by atoms with Gasteiger partial charge < -0.3 is 14.4 Å². The van der Waals surface area contributed by atoms with Crippen molar-refractivity contribution in [3.8, 4) is 0 Å². The molecule has 0 N–H and O–H groups in total. The van der Waals surface area contributed by atoms with Crippen molar-refractivity contribution in [3.63, 3.8) is 0 Å². The third-order valence-corrected chi connectivity index (χ3v) is 6.20. The number of ether oxygens (including phenoxy) is 2. The molecule has 1 unspecified atom stereocenters. The number of hydrogen-bond donors (Lipinski definition) is 0. The SMILES string of the molecule is CCCN(CCC1COC2(CCC(C(C)(C)C)CC2)O1)C1CC1. The molecule has 0 amide bonds. The Morgan fingerprint density at radius 3 is 2.30 bits per heavy atom. The lowest BCUT2D eigenvalue weighted by Gasteiger charge is -2.41. The van der Waals surface area contributed by atoms with Crippen molar-refractivity contribution in [3.05, 3.63) is 0 Å². The zero-order valence-corrected chi connectivity index (χ0v) is 15.8. The van der Waals surface area contributed by atoms with Crippen molar-refractivity contribution in [1.82, 2.24) is 4.90 Å². The molecule has 0 radical (unpaired) electrons. The summed E-state index contributed by atoms with van der Waals surface area (Å²) in [4.78, 5) is 2.67. The maximum atomic E-state index is 6.43. The fourth-order valence-electron chi connectivity index (χ4n) is 4.46. The van der Waals surface area contributed by atoms with E-state index in [-0.39, 0.29) is 5.79 Å². The first-order chi connectivity index (χ1) is 10.9. The average molecular weight is 324 g/mol. The van der Waals surface area contributed by atoms with Gasteiger partial charge in [0.2, 0.25) is 0 Å². The summed E-state index contributed by atoms with van der Waals surface area (Å²) in [6.45, 7) is 12.6. The maximum absolute atomic E-state index is 6.43. The highest BCUT2D eigenvalue weighted by Crippen LogP contribution is 2.45. The summed E-state index contributed by atoms with van der Waals surface area (Å²) < 4.78 is 12.6. The van der Waals surface area contributed by atoms with Crippen LogP contribution in [0.25, 0.3) is 0 Å². The molecule has 2 aliphatic carbocycles. The highest BCUT2D eigenvalue weighted by Gasteiger charge is 2.45. The van der Waals surface area contributed by atoms with Gasteiger partial charge in [-0.2, -0.15) is 0 Å². The van der Waals surface area contributed by atoms with Crippen LogP contribution in [0, 0.1) is 11.3 Å². The molecular weight excluding hydrogens is 286 g/mol. The summed E-state index contributed by atoms with van der Waals surface area (Å²) >= 11 is 0. The second kappa shape index (κ2) is 7.01. The van der Waals surface area contributed by atoms with E-state index >= 15 is 0 Å². The fourth-order valence-corrected chi connectivity index (χ4v) is 4.46. The molecule has 1 aliphatic heterocycles. The van der Waals surface area contributed by atoms with Crippen LogP contribution in [0.3, 0.4) is 0 Å². The van der Waals surface area contributed by atoms with Crippen LogP contribution in [0.5, 0.6) is 0 Å².